The van der Waals surface area contributed by atoms with E-state index in [-0.39, 0.29) is 18.0 Å². The van der Waals surface area contributed by atoms with Crippen LogP contribution < -0.4 is 5.32 Å². The molecule has 5 heteroatoms. The third-order valence-electron chi connectivity index (χ3n) is 6.35. The smallest absolute Gasteiger partial charge is 0.244 e. The van der Waals surface area contributed by atoms with Gasteiger partial charge in [-0.3, -0.25) is 15.1 Å². The van der Waals surface area contributed by atoms with E-state index in [2.05, 4.69) is 36.3 Å². The Balaban J connectivity index is 1.88. The zero-order valence-electron chi connectivity index (χ0n) is 18.8. The van der Waals surface area contributed by atoms with Crippen LogP contribution in [0.25, 0.3) is 0 Å². The monoisotopic (exact) mass is 409 g/mol. The maximum Gasteiger partial charge on any atom is 0.244 e. The first-order chi connectivity index (χ1) is 14.1. The van der Waals surface area contributed by atoms with Crippen molar-refractivity contribution in [2.45, 2.75) is 71.8 Å². The number of carbonyl (C=O) groups excluding carboxylic acids is 1. The first-order valence-corrected chi connectivity index (χ1v) is 10.9. The fourth-order valence-electron chi connectivity index (χ4n) is 4.32. The number of aryl methyl sites for hydroxylation is 1. The lowest BCUT2D eigenvalue weighted by atomic mass is 9.69. The van der Waals surface area contributed by atoms with Gasteiger partial charge in [-0.1, -0.05) is 65.0 Å². The Kier molecular flexibility index (Phi) is 6.63. The van der Waals surface area contributed by atoms with Gasteiger partial charge in [-0.2, -0.15) is 0 Å². The molecule has 30 heavy (non-hydrogen) atoms. The Morgan fingerprint density at radius 3 is 2.27 bits per heavy atom. The number of hydrogen-bond donors (Lipinski definition) is 2. The number of benzene rings is 1. The second kappa shape index (κ2) is 8.86. The van der Waals surface area contributed by atoms with Crippen LogP contribution in [0.2, 0.25) is 0 Å². The summed E-state index contributed by atoms with van der Waals surface area (Å²) in [5.74, 6) is 0.190. The molecule has 1 aliphatic rings. The molecule has 0 aliphatic carbocycles. The summed E-state index contributed by atoms with van der Waals surface area (Å²) < 4.78 is 0. The number of hydrogen-bond acceptors (Lipinski definition) is 4. The summed E-state index contributed by atoms with van der Waals surface area (Å²) >= 11 is 0. The summed E-state index contributed by atoms with van der Waals surface area (Å²) in [6.07, 6.45) is 4.60. The molecule has 2 N–H and O–H groups in total. The Morgan fingerprint density at radius 2 is 1.70 bits per heavy atom. The molecule has 0 spiro atoms. The molecule has 2 aromatic rings. The quantitative estimate of drug-likeness (QED) is 0.731. The fraction of sp³-hybridized carbons (Fsp3) is 0.520. The molecule has 1 saturated heterocycles. The molecule has 0 saturated carbocycles. The van der Waals surface area contributed by atoms with E-state index in [1.165, 1.54) is 5.56 Å². The first-order valence-electron chi connectivity index (χ1n) is 10.9. The summed E-state index contributed by atoms with van der Waals surface area (Å²) in [4.78, 5) is 19.6. The number of amides is 1. The van der Waals surface area contributed by atoms with Crippen molar-refractivity contribution in [2.75, 3.05) is 0 Å². The van der Waals surface area contributed by atoms with Crippen molar-refractivity contribution in [1.29, 1.82) is 0 Å². The zero-order chi connectivity index (χ0) is 21.9. The van der Waals surface area contributed by atoms with Crippen molar-refractivity contribution >= 4 is 5.91 Å². The predicted octanol–water partition coefficient (Wildman–Crippen LogP) is 3.77. The van der Waals surface area contributed by atoms with Gasteiger partial charge in [-0.15, -0.1) is 0 Å². The number of rotatable bonds is 7. The van der Waals surface area contributed by atoms with Crippen LogP contribution in [-0.2, 0) is 17.8 Å². The molecular weight excluding hydrogens is 374 g/mol. The Labute approximate surface area is 180 Å². The van der Waals surface area contributed by atoms with Crippen LogP contribution in [0.15, 0.2) is 54.9 Å². The van der Waals surface area contributed by atoms with Gasteiger partial charge in [0, 0.05) is 18.9 Å². The van der Waals surface area contributed by atoms with Gasteiger partial charge in [0.2, 0.25) is 5.91 Å². The number of pyridine rings is 1. The second-order valence-corrected chi connectivity index (χ2v) is 9.77. The van der Waals surface area contributed by atoms with Crippen LogP contribution >= 0.6 is 0 Å². The van der Waals surface area contributed by atoms with E-state index in [0.717, 1.165) is 12.0 Å². The minimum Gasteiger partial charge on any atom is -0.387 e. The zero-order valence-corrected chi connectivity index (χ0v) is 18.8. The normalized spacial score (nSPS) is 21.8. The van der Waals surface area contributed by atoms with Crippen LogP contribution in [0.5, 0.6) is 0 Å². The van der Waals surface area contributed by atoms with Crippen molar-refractivity contribution in [3.05, 3.63) is 66.0 Å². The SMILES string of the molecule is CC(C)C1N[C@@H]([C@@](O)(CCc2ccccc2)C(C)(C)C)C(=O)N1Cc1ccncc1. The average molecular weight is 410 g/mol. The molecule has 1 aromatic carbocycles. The lowest BCUT2D eigenvalue weighted by Crippen LogP contribution is -2.60. The van der Waals surface area contributed by atoms with Gasteiger partial charge in [0.15, 0.2) is 0 Å². The van der Waals surface area contributed by atoms with Crippen molar-refractivity contribution in [2.24, 2.45) is 11.3 Å². The largest absolute Gasteiger partial charge is 0.387 e. The number of nitrogens with zero attached hydrogens (tertiary/aromatic N) is 2. The van der Waals surface area contributed by atoms with Gasteiger partial charge in [-0.25, -0.2) is 0 Å². The van der Waals surface area contributed by atoms with Crippen LogP contribution in [-0.4, -0.2) is 38.7 Å². The Bertz CT molecular complexity index is 832. The molecule has 1 aliphatic heterocycles. The van der Waals surface area contributed by atoms with Gasteiger partial charge in [0.05, 0.1) is 11.8 Å². The maximum absolute atomic E-state index is 13.6. The van der Waals surface area contributed by atoms with Crippen molar-refractivity contribution in [3.63, 3.8) is 0 Å². The number of carbonyl (C=O) groups is 1. The van der Waals surface area contributed by atoms with Crippen molar-refractivity contribution in [1.82, 2.24) is 15.2 Å². The lowest BCUT2D eigenvalue weighted by Gasteiger charge is -2.44. The first kappa shape index (κ1) is 22.4. The van der Waals surface area contributed by atoms with Crippen LogP contribution in [0.1, 0.15) is 52.2 Å². The van der Waals surface area contributed by atoms with E-state index in [1.54, 1.807) is 12.4 Å². The number of aromatic nitrogens is 1. The van der Waals surface area contributed by atoms with Crippen LogP contribution in [0, 0.1) is 11.3 Å². The van der Waals surface area contributed by atoms with Gasteiger partial charge in [0.1, 0.15) is 6.04 Å². The molecule has 2 heterocycles. The minimum absolute atomic E-state index is 0.0315. The van der Waals surface area contributed by atoms with E-state index in [0.29, 0.717) is 13.0 Å². The summed E-state index contributed by atoms with van der Waals surface area (Å²) in [6.45, 7) is 10.8. The molecule has 1 unspecified atom stereocenters. The average Bonchev–Trinajstić information content (AvgIpc) is 3.04. The van der Waals surface area contributed by atoms with E-state index >= 15 is 0 Å². The molecule has 0 bridgehead atoms. The highest BCUT2D eigenvalue weighted by Crippen LogP contribution is 2.40. The molecule has 5 nitrogen and oxygen atoms in total. The third-order valence-corrected chi connectivity index (χ3v) is 6.35. The third kappa shape index (κ3) is 4.57. The number of aliphatic hydroxyl groups is 1. The molecule has 0 radical (unpaired) electrons. The highest BCUT2D eigenvalue weighted by molar-refractivity contribution is 5.86. The van der Waals surface area contributed by atoms with E-state index in [9.17, 15) is 9.90 Å². The van der Waals surface area contributed by atoms with Gasteiger partial charge < -0.3 is 10.0 Å². The van der Waals surface area contributed by atoms with Gasteiger partial charge in [-0.05, 0) is 47.4 Å². The van der Waals surface area contributed by atoms with Crippen molar-refractivity contribution in [3.8, 4) is 0 Å². The summed E-state index contributed by atoms with van der Waals surface area (Å²) in [7, 11) is 0. The molecule has 162 valence electrons. The van der Waals surface area contributed by atoms with E-state index in [4.69, 9.17) is 0 Å². The molecule has 1 amide bonds. The van der Waals surface area contributed by atoms with Gasteiger partial charge in [0.25, 0.3) is 0 Å². The Hall–Kier alpha value is -2.24. The van der Waals surface area contributed by atoms with Gasteiger partial charge >= 0.3 is 0 Å². The second-order valence-electron chi connectivity index (χ2n) is 9.77. The predicted molar refractivity (Wildman–Crippen MR) is 120 cm³/mol. The van der Waals surface area contributed by atoms with E-state index in [1.807, 2.05) is 56.0 Å². The van der Waals surface area contributed by atoms with Crippen molar-refractivity contribution < 1.29 is 9.90 Å². The Morgan fingerprint density at radius 1 is 1.07 bits per heavy atom. The minimum atomic E-state index is -1.18. The highest BCUT2D eigenvalue weighted by Gasteiger charge is 2.55. The van der Waals surface area contributed by atoms with E-state index < -0.39 is 17.1 Å². The van der Waals surface area contributed by atoms with Crippen LogP contribution in [0.3, 0.4) is 0 Å². The number of nitrogens with one attached hydrogen (secondary N) is 1. The topological polar surface area (TPSA) is 65.5 Å². The molecule has 3 atom stereocenters. The fourth-order valence-corrected chi connectivity index (χ4v) is 4.32. The summed E-state index contributed by atoms with van der Waals surface area (Å²) in [5, 5.41) is 15.4. The summed E-state index contributed by atoms with van der Waals surface area (Å²) in [6, 6.07) is 13.4. The highest BCUT2D eigenvalue weighted by atomic mass is 16.3. The summed E-state index contributed by atoms with van der Waals surface area (Å²) in [5.41, 5.74) is 0.554. The molecule has 1 aromatic heterocycles. The molecule has 1 fully saturated rings. The maximum atomic E-state index is 13.6. The lowest BCUT2D eigenvalue weighted by molar-refractivity contribution is -0.143. The molecule has 3 rings (SSSR count). The standard InChI is InChI=1S/C25H35N3O2/c1-18(2)22-27-21(23(29)28(22)17-20-12-15-26-16-13-20)25(30,24(3,4)5)14-11-19-9-7-6-8-10-19/h6-10,12-13,15-16,18,21-22,27,30H,11,14,17H2,1-5H3/t21-,22?,25+/m1/s1. The molecular formula is C25H35N3O2. The van der Waals surface area contributed by atoms with Crippen LogP contribution in [0.4, 0.5) is 0 Å².